The van der Waals surface area contributed by atoms with Gasteiger partial charge in [-0.2, -0.15) is 5.10 Å². The van der Waals surface area contributed by atoms with Gasteiger partial charge in [0.05, 0.1) is 11.7 Å². The van der Waals surface area contributed by atoms with Gasteiger partial charge < -0.3 is 19.1 Å². The molecule has 1 N–H and O–H groups in total. The van der Waals surface area contributed by atoms with Crippen LogP contribution < -0.4 is 5.32 Å². The topological polar surface area (TPSA) is 94.9 Å². The Bertz CT molecular complexity index is 1290. The Kier molecular flexibility index (Phi) is 9.76. The fraction of sp³-hybridized carbons (Fsp3) is 0.444. The van der Waals surface area contributed by atoms with Crippen molar-refractivity contribution in [3.8, 4) is 0 Å². The highest BCUT2D eigenvalue weighted by molar-refractivity contribution is 6.76. The van der Waals surface area contributed by atoms with E-state index in [-0.39, 0.29) is 0 Å². The highest BCUT2D eigenvalue weighted by Crippen LogP contribution is 2.28. The van der Waals surface area contributed by atoms with E-state index in [4.69, 9.17) is 37.4 Å². The van der Waals surface area contributed by atoms with Gasteiger partial charge in [-0.1, -0.05) is 42.8 Å². The van der Waals surface area contributed by atoms with Crippen LogP contribution in [0.25, 0.3) is 10.9 Å². The van der Waals surface area contributed by atoms with E-state index in [1.54, 1.807) is 46.1 Å². The molecule has 1 aliphatic rings. The molecule has 3 aromatic rings. The number of nitrogens with zero attached hydrogens (tertiary/aromatic N) is 3. The first-order valence-corrected chi connectivity index (χ1v) is 17.5. The zero-order valence-corrected chi connectivity index (χ0v) is 24.9. The molecular weight excluding hydrogens is 559 g/mol. The molecule has 1 fully saturated rings. The number of anilines is 1. The summed E-state index contributed by atoms with van der Waals surface area (Å²) in [7, 11) is -1.16. The van der Waals surface area contributed by atoms with Crippen molar-refractivity contribution in [1.82, 2.24) is 14.7 Å². The Hall–Kier alpha value is -2.79. The third-order valence-corrected chi connectivity index (χ3v) is 8.43. The number of fused-ring (bicyclic) bond motifs is 1. The molecule has 1 unspecified atom stereocenters. The Labute approximate surface area is 239 Å². The maximum Gasteiger partial charge on any atom is 0.414 e. The monoisotopic (exact) mass is 592 g/mol. The van der Waals surface area contributed by atoms with E-state index in [2.05, 4.69) is 30.1 Å². The third-order valence-electron chi connectivity index (χ3n) is 6.29. The molecular formula is C27H34Cl2N4O5Si. The molecule has 4 rings (SSSR count). The van der Waals surface area contributed by atoms with E-state index in [0.29, 0.717) is 47.7 Å². The highest BCUT2D eigenvalue weighted by atomic mass is 35.5. The average Bonchev–Trinajstić information content (AvgIpc) is 3.27. The summed E-state index contributed by atoms with van der Waals surface area (Å²) in [5.41, 5.74) is 1.72. The fourth-order valence-corrected chi connectivity index (χ4v) is 5.46. The smallest absolute Gasteiger partial charge is 0.404 e. The van der Waals surface area contributed by atoms with Gasteiger partial charge in [-0.05, 0) is 61.7 Å². The van der Waals surface area contributed by atoms with Crippen molar-refractivity contribution in [3.05, 3.63) is 58.2 Å². The summed E-state index contributed by atoms with van der Waals surface area (Å²) in [6.45, 7) is 9.16. The number of aromatic nitrogens is 2. The van der Waals surface area contributed by atoms with Gasteiger partial charge in [-0.25, -0.2) is 14.3 Å². The summed E-state index contributed by atoms with van der Waals surface area (Å²) in [4.78, 5) is 27.3. The number of halogens is 2. The predicted molar refractivity (Wildman–Crippen MR) is 155 cm³/mol. The van der Waals surface area contributed by atoms with Gasteiger partial charge >= 0.3 is 12.2 Å². The molecule has 1 atom stereocenters. The van der Waals surface area contributed by atoms with Gasteiger partial charge in [0.15, 0.2) is 0 Å². The van der Waals surface area contributed by atoms with Crippen LogP contribution in [0, 0.1) is 0 Å². The van der Waals surface area contributed by atoms with Crippen LogP contribution in [-0.2, 0) is 20.9 Å². The molecule has 210 valence electrons. The lowest BCUT2D eigenvalue weighted by atomic mass is 10.1. The summed E-state index contributed by atoms with van der Waals surface area (Å²) < 4.78 is 18.7. The Morgan fingerprint density at radius 3 is 2.44 bits per heavy atom. The second kappa shape index (κ2) is 13.0. The number of benzene rings is 2. The van der Waals surface area contributed by atoms with Crippen molar-refractivity contribution in [1.29, 1.82) is 0 Å². The molecule has 1 saturated heterocycles. The second-order valence-corrected chi connectivity index (χ2v) is 17.3. The Morgan fingerprint density at radius 1 is 1.03 bits per heavy atom. The minimum absolute atomic E-state index is 0.326. The zero-order chi connectivity index (χ0) is 28.0. The normalized spacial score (nSPS) is 14.7. The minimum Gasteiger partial charge on any atom is -0.404 e. The molecule has 2 heterocycles. The summed E-state index contributed by atoms with van der Waals surface area (Å²) in [5.74, 6) is 0. The standard InChI is InChI=1S/C27H34Cl2N4O5Si/c1-39(2,3)12-11-36-18-33-24-8-7-23(15-20(24)17-30-33)31-26(34)37-25(19-13-21(28)16-22(29)14-19)38-27(35)32-9-5-4-6-10-32/h7-8,13-17,25H,4-6,9-12,18H2,1-3H3,(H,31,34). The summed E-state index contributed by atoms with van der Waals surface area (Å²) in [6, 6.07) is 11.1. The number of hydrogen-bond acceptors (Lipinski definition) is 6. The van der Waals surface area contributed by atoms with Crippen molar-refractivity contribution < 1.29 is 23.8 Å². The number of carbonyl (C=O) groups is 2. The van der Waals surface area contributed by atoms with Crippen molar-refractivity contribution in [2.45, 2.75) is 58.0 Å². The highest BCUT2D eigenvalue weighted by Gasteiger charge is 2.26. The maximum atomic E-state index is 12.9. The van der Waals surface area contributed by atoms with E-state index in [0.717, 1.165) is 36.2 Å². The predicted octanol–water partition coefficient (Wildman–Crippen LogP) is 7.53. The second-order valence-electron chi connectivity index (χ2n) is 10.8. The molecule has 1 aromatic heterocycles. The van der Waals surface area contributed by atoms with Gasteiger partial charge in [-0.3, -0.25) is 5.32 Å². The number of amides is 2. The molecule has 2 amide bonds. The lowest BCUT2D eigenvalue weighted by Gasteiger charge is -2.28. The van der Waals surface area contributed by atoms with Crippen LogP contribution >= 0.6 is 23.2 Å². The number of hydrogen-bond donors (Lipinski definition) is 1. The molecule has 1 aliphatic heterocycles. The van der Waals surface area contributed by atoms with E-state index in [1.165, 1.54) is 0 Å². The van der Waals surface area contributed by atoms with Crippen LogP contribution in [0.5, 0.6) is 0 Å². The number of rotatable bonds is 9. The molecule has 12 heteroatoms. The molecule has 0 saturated carbocycles. The van der Waals surface area contributed by atoms with Crippen LogP contribution in [0.15, 0.2) is 42.6 Å². The largest absolute Gasteiger partial charge is 0.414 e. The molecule has 2 aromatic carbocycles. The molecule has 0 radical (unpaired) electrons. The number of ether oxygens (including phenoxy) is 3. The number of carbonyl (C=O) groups excluding carboxylic acids is 2. The van der Waals surface area contributed by atoms with Gasteiger partial charge in [0, 0.05) is 54.5 Å². The van der Waals surface area contributed by atoms with E-state index in [9.17, 15) is 9.59 Å². The van der Waals surface area contributed by atoms with Crippen LogP contribution in [-0.4, -0.2) is 54.6 Å². The van der Waals surface area contributed by atoms with Gasteiger partial charge in [0.1, 0.15) is 6.73 Å². The molecule has 39 heavy (non-hydrogen) atoms. The first-order chi connectivity index (χ1) is 18.6. The van der Waals surface area contributed by atoms with Crippen LogP contribution in [0.2, 0.25) is 35.7 Å². The SMILES string of the molecule is C[Si](C)(C)CCOCn1ncc2cc(NC(=O)OC(OC(=O)N3CCCCC3)c3cc(Cl)cc(Cl)c3)ccc21. The summed E-state index contributed by atoms with van der Waals surface area (Å²) in [5, 5.41) is 8.58. The van der Waals surface area contributed by atoms with E-state index in [1.807, 2.05) is 6.07 Å². The van der Waals surface area contributed by atoms with Crippen molar-refractivity contribution in [3.63, 3.8) is 0 Å². The number of nitrogens with one attached hydrogen (secondary N) is 1. The molecule has 0 spiro atoms. The van der Waals surface area contributed by atoms with Crippen LogP contribution in [0.1, 0.15) is 31.1 Å². The van der Waals surface area contributed by atoms with Gasteiger partial charge in [0.25, 0.3) is 6.29 Å². The van der Waals surface area contributed by atoms with Crippen molar-refractivity contribution in [2.75, 3.05) is 25.0 Å². The summed E-state index contributed by atoms with van der Waals surface area (Å²) >= 11 is 12.3. The minimum atomic E-state index is -1.34. The molecule has 9 nitrogen and oxygen atoms in total. The molecule has 0 aliphatic carbocycles. The Morgan fingerprint density at radius 2 is 1.74 bits per heavy atom. The van der Waals surface area contributed by atoms with Crippen molar-refractivity contribution >= 4 is 60.1 Å². The molecule has 0 bridgehead atoms. The fourth-order valence-electron chi connectivity index (χ4n) is 4.16. The number of piperidine rings is 1. The van der Waals surface area contributed by atoms with E-state index < -0.39 is 26.6 Å². The lowest BCUT2D eigenvalue weighted by molar-refractivity contribution is -0.0715. The third kappa shape index (κ3) is 8.60. The quantitative estimate of drug-likeness (QED) is 0.157. The Balaban J connectivity index is 1.42. The van der Waals surface area contributed by atoms with Crippen LogP contribution in [0.3, 0.4) is 0 Å². The average molecular weight is 594 g/mol. The first kappa shape index (κ1) is 29.2. The lowest BCUT2D eigenvalue weighted by Crippen LogP contribution is -2.37. The maximum absolute atomic E-state index is 12.9. The zero-order valence-electron chi connectivity index (χ0n) is 22.4. The van der Waals surface area contributed by atoms with Gasteiger partial charge in [-0.15, -0.1) is 0 Å². The van der Waals surface area contributed by atoms with Crippen molar-refractivity contribution in [2.24, 2.45) is 0 Å². The first-order valence-electron chi connectivity index (χ1n) is 13.0. The van der Waals surface area contributed by atoms with Gasteiger partial charge in [0.2, 0.25) is 0 Å². The summed E-state index contributed by atoms with van der Waals surface area (Å²) in [6.07, 6.45) is 1.86. The number of likely N-dealkylation sites (tertiary alicyclic amines) is 1. The van der Waals surface area contributed by atoms with E-state index >= 15 is 0 Å². The van der Waals surface area contributed by atoms with Crippen LogP contribution in [0.4, 0.5) is 15.3 Å².